The van der Waals surface area contributed by atoms with Gasteiger partial charge in [-0.25, -0.2) is 8.78 Å². The zero-order valence-corrected chi connectivity index (χ0v) is 10.8. The van der Waals surface area contributed by atoms with Crippen molar-refractivity contribution in [2.75, 3.05) is 31.1 Å². The molecule has 1 saturated heterocycles. The van der Waals surface area contributed by atoms with Crippen LogP contribution in [0.15, 0.2) is 18.2 Å². The van der Waals surface area contributed by atoms with Crippen LogP contribution in [-0.2, 0) is 0 Å². The molecule has 4 heteroatoms. The van der Waals surface area contributed by atoms with Gasteiger partial charge in [0.05, 0.1) is 0 Å². The summed E-state index contributed by atoms with van der Waals surface area (Å²) >= 11 is 0. The largest absolute Gasteiger partial charge is 0.371 e. The lowest BCUT2D eigenvalue weighted by Gasteiger charge is -2.31. The molecule has 18 heavy (non-hydrogen) atoms. The third kappa shape index (κ3) is 3.19. The van der Waals surface area contributed by atoms with Gasteiger partial charge < -0.3 is 10.2 Å². The first kappa shape index (κ1) is 13.3. The highest BCUT2D eigenvalue weighted by atomic mass is 19.2. The van der Waals surface area contributed by atoms with Gasteiger partial charge in [-0.2, -0.15) is 0 Å². The first-order chi connectivity index (χ1) is 8.70. The van der Waals surface area contributed by atoms with Gasteiger partial charge in [0, 0.05) is 24.8 Å². The number of nitrogens with one attached hydrogen (secondary N) is 1. The summed E-state index contributed by atoms with van der Waals surface area (Å²) in [6.07, 6.45) is 2.31. The molecule has 1 fully saturated rings. The summed E-state index contributed by atoms with van der Waals surface area (Å²) in [5.41, 5.74) is 0.773. The van der Waals surface area contributed by atoms with E-state index in [1.54, 1.807) is 6.07 Å². The van der Waals surface area contributed by atoms with E-state index in [0.29, 0.717) is 5.92 Å². The van der Waals surface area contributed by atoms with Crippen LogP contribution in [0.5, 0.6) is 0 Å². The third-order valence-corrected chi connectivity index (χ3v) is 3.59. The Morgan fingerprint density at radius 1 is 1.22 bits per heavy atom. The van der Waals surface area contributed by atoms with E-state index in [2.05, 4.69) is 10.2 Å². The van der Waals surface area contributed by atoms with E-state index < -0.39 is 11.6 Å². The van der Waals surface area contributed by atoms with Crippen molar-refractivity contribution in [3.63, 3.8) is 0 Å². The van der Waals surface area contributed by atoms with Crippen LogP contribution in [-0.4, -0.2) is 26.2 Å². The van der Waals surface area contributed by atoms with Crippen LogP contribution in [0.4, 0.5) is 14.5 Å². The quantitative estimate of drug-likeness (QED) is 0.889. The fourth-order valence-corrected chi connectivity index (χ4v) is 2.47. The van der Waals surface area contributed by atoms with E-state index in [9.17, 15) is 8.78 Å². The first-order valence-corrected chi connectivity index (χ1v) is 6.61. The lowest BCUT2D eigenvalue weighted by Crippen LogP contribution is -2.36. The number of hydrogen-bond donors (Lipinski definition) is 1. The molecule has 1 aliphatic heterocycles. The van der Waals surface area contributed by atoms with Crippen molar-refractivity contribution in [3.05, 3.63) is 29.8 Å². The minimum Gasteiger partial charge on any atom is -0.371 e. The van der Waals surface area contributed by atoms with E-state index in [1.807, 2.05) is 6.92 Å². The van der Waals surface area contributed by atoms with Crippen LogP contribution in [0.1, 0.15) is 19.8 Å². The fraction of sp³-hybridized carbons (Fsp3) is 0.571. The predicted octanol–water partition coefficient (Wildman–Crippen LogP) is 2.79. The molecule has 100 valence electrons. The summed E-state index contributed by atoms with van der Waals surface area (Å²) in [4.78, 5) is 2.12. The normalized spacial score (nSPS) is 16.8. The molecule has 2 rings (SSSR count). The number of halogens is 2. The molecular formula is C14H20F2N2. The third-order valence-electron chi connectivity index (χ3n) is 3.59. The second kappa shape index (κ2) is 6.14. The van der Waals surface area contributed by atoms with Gasteiger partial charge in [0.1, 0.15) is 0 Å². The standard InChI is InChI=1S/C14H20F2N2/c1-2-18(10-11-5-7-17-8-6-11)12-3-4-13(15)14(16)9-12/h3-4,9,11,17H,2,5-8,10H2,1H3. The maximum absolute atomic E-state index is 13.2. The van der Waals surface area contributed by atoms with Gasteiger partial charge >= 0.3 is 0 Å². The maximum atomic E-state index is 13.2. The highest BCUT2D eigenvalue weighted by Gasteiger charge is 2.17. The molecular weight excluding hydrogens is 234 g/mol. The summed E-state index contributed by atoms with van der Waals surface area (Å²) in [7, 11) is 0. The highest BCUT2D eigenvalue weighted by molar-refractivity contribution is 5.46. The zero-order valence-electron chi connectivity index (χ0n) is 10.8. The molecule has 1 aromatic rings. The molecule has 0 spiro atoms. The van der Waals surface area contributed by atoms with Crippen LogP contribution in [0.3, 0.4) is 0 Å². The molecule has 0 radical (unpaired) electrons. The van der Waals surface area contributed by atoms with Crippen LogP contribution in [0.25, 0.3) is 0 Å². The first-order valence-electron chi connectivity index (χ1n) is 6.61. The Balaban J connectivity index is 2.04. The second-order valence-corrected chi connectivity index (χ2v) is 4.83. The van der Waals surface area contributed by atoms with Crippen molar-refractivity contribution in [1.29, 1.82) is 0 Å². The van der Waals surface area contributed by atoms with Crippen LogP contribution >= 0.6 is 0 Å². The summed E-state index contributed by atoms with van der Waals surface area (Å²) in [6.45, 7) is 5.89. The van der Waals surface area contributed by atoms with Crippen LogP contribution in [0, 0.1) is 17.6 Å². The Morgan fingerprint density at radius 3 is 2.56 bits per heavy atom. The van der Waals surface area contributed by atoms with Crippen molar-refractivity contribution < 1.29 is 8.78 Å². The average Bonchev–Trinajstić information content (AvgIpc) is 2.40. The van der Waals surface area contributed by atoms with Crippen molar-refractivity contribution in [1.82, 2.24) is 5.32 Å². The lowest BCUT2D eigenvalue weighted by molar-refractivity contribution is 0.374. The van der Waals surface area contributed by atoms with Gasteiger partial charge in [-0.1, -0.05) is 0 Å². The van der Waals surface area contributed by atoms with Crippen molar-refractivity contribution in [2.24, 2.45) is 5.92 Å². The maximum Gasteiger partial charge on any atom is 0.160 e. The van der Waals surface area contributed by atoms with Crippen molar-refractivity contribution in [3.8, 4) is 0 Å². The smallest absolute Gasteiger partial charge is 0.160 e. The Kier molecular flexibility index (Phi) is 4.53. The number of nitrogens with zero attached hydrogens (tertiary/aromatic N) is 1. The van der Waals surface area contributed by atoms with E-state index >= 15 is 0 Å². The number of benzene rings is 1. The van der Waals surface area contributed by atoms with Crippen LogP contribution < -0.4 is 10.2 Å². The molecule has 0 bridgehead atoms. The minimum absolute atomic E-state index is 0.638. The van der Waals surface area contributed by atoms with Crippen LogP contribution in [0.2, 0.25) is 0 Å². The molecule has 1 aliphatic rings. The van der Waals surface area contributed by atoms with Crippen molar-refractivity contribution >= 4 is 5.69 Å². The molecule has 0 saturated carbocycles. The molecule has 1 N–H and O–H groups in total. The molecule has 0 aromatic heterocycles. The topological polar surface area (TPSA) is 15.3 Å². The summed E-state index contributed by atoms with van der Waals surface area (Å²) in [6, 6.07) is 4.15. The zero-order chi connectivity index (χ0) is 13.0. The van der Waals surface area contributed by atoms with E-state index in [0.717, 1.165) is 44.7 Å². The molecule has 0 unspecified atom stereocenters. The van der Waals surface area contributed by atoms with Gasteiger partial charge in [0.25, 0.3) is 0 Å². The Hall–Kier alpha value is -1.16. The van der Waals surface area contributed by atoms with E-state index in [-0.39, 0.29) is 0 Å². The molecule has 1 aromatic carbocycles. The molecule has 1 heterocycles. The minimum atomic E-state index is -0.781. The average molecular weight is 254 g/mol. The number of rotatable bonds is 4. The monoisotopic (exact) mass is 254 g/mol. The highest BCUT2D eigenvalue weighted by Crippen LogP contribution is 2.21. The summed E-state index contributed by atoms with van der Waals surface area (Å²) < 4.78 is 26.2. The van der Waals surface area contributed by atoms with Gasteiger partial charge in [-0.15, -0.1) is 0 Å². The lowest BCUT2D eigenvalue weighted by atomic mass is 9.97. The molecule has 0 amide bonds. The number of hydrogen-bond acceptors (Lipinski definition) is 2. The number of piperidine rings is 1. The Morgan fingerprint density at radius 2 is 1.94 bits per heavy atom. The van der Waals surface area contributed by atoms with Crippen molar-refractivity contribution in [2.45, 2.75) is 19.8 Å². The molecule has 0 aliphatic carbocycles. The summed E-state index contributed by atoms with van der Waals surface area (Å²) in [5.74, 6) is -0.910. The SMILES string of the molecule is CCN(CC1CCNCC1)c1ccc(F)c(F)c1. The van der Waals surface area contributed by atoms with E-state index in [1.165, 1.54) is 12.1 Å². The molecule has 0 atom stereocenters. The number of anilines is 1. The van der Waals surface area contributed by atoms with Gasteiger partial charge in [-0.05, 0) is 50.9 Å². The second-order valence-electron chi connectivity index (χ2n) is 4.83. The fourth-order valence-electron chi connectivity index (χ4n) is 2.47. The van der Waals surface area contributed by atoms with E-state index in [4.69, 9.17) is 0 Å². The Labute approximate surface area is 107 Å². The summed E-state index contributed by atoms with van der Waals surface area (Å²) in [5, 5.41) is 3.33. The predicted molar refractivity (Wildman–Crippen MR) is 69.8 cm³/mol. The van der Waals surface area contributed by atoms with Gasteiger partial charge in [-0.3, -0.25) is 0 Å². The molecule has 2 nitrogen and oxygen atoms in total. The Bertz CT molecular complexity index is 389. The van der Waals surface area contributed by atoms with Gasteiger partial charge in [0.15, 0.2) is 11.6 Å². The van der Waals surface area contributed by atoms with Gasteiger partial charge in [0.2, 0.25) is 0 Å².